The number of carbonyl (C=O) groups is 2. The second kappa shape index (κ2) is 9.88. The molecule has 1 aromatic carbocycles. The summed E-state index contributed by atoms with van der Waals surface area (Å²) in [5.74, 6) is -0.448. The lowest BCUT2D eigenvalue weighted by atomic mass is 9.98. The van der Waals surface area contributed by atoms with E-state index >= 15 is 0 Å². The van der Waals surface area contributed by atoms with Gasteiger partial charge in [0.15, 0.2) is 0 Å². The van der Waals surface area contributed by atoms with Crippen LogP contribution in [0.25, 0.3) is 0 Å². The molecule has 0 aliphatic carbocycles. The molecule has 1 aromatic rings. The smallest absolute Gasteiger partial charge is 0.243 e. The first-order valence-electron chi connectivity index (χ1n) is 9.52. The number of nitrogens with one attached hydrogen (secondary N) is 2. The summed E-state index contributed by atoms with van der Waals surface area (Å²) in [7, 11) is -2.18. The van der Waals surface area contributed by atoms with Crippen LogP contribution in [0.5, 0.6) is 5.75 Å². The van der Waals surface area contributed by atoms with Gasteiger partial charge in [-0.2, -0.15) is 4.31 Å². The molecular weight excluding hydrogens is 382 g/mol. The third-order valence-corrected chi connectivity index (χ3v) is 6.63. The predicted molar refractivity (Wildman–Crippen MR) is 105 cm³/mol. The first-order chi connectivity index (χ1) is 13.3. The average Bonchev–Trinajstić information content (AvgIpc) is 2.71. The molecule has 0 unspecified atom stereocenters. The van der Waals surface area contributed by atoms with E-state index in [2.05, 4.69) is 10.6 Å². The molecule has 0 saturated carbocycles. The number of piperidine rings is 1. The first kappa shape index (κ1) is 22.2. The molecule has 0 bridgehead atoms. The van der Waals surface area contributed by atoms with Gasteiger partial charge in [0.2, 0.25) is 21.8 Å². The van der Waals surface area contributed by atoms with Gasteiger partial charge >= 0.3 is 0 Å². The second-order valence-electron chi connectivity index (χ2n) is 6.90. The molecule has 2 atom stereocenters. The molecule has 0 aromatic heterocycles. The Morgan fingerprint density at radius 1 is 1.29 bits per heavy atom. The molecule has 1 fully saturated rings. The summed E-state index contributed by atoms with van der Waals surface area (Å²) in [5.41, 5.74) is 0. The van der Waals surface area contributed by atoms with Gasteiger partial charge in [0.25, 0.3) is 0 Å². The molecule has 8 nitrogen and oxygen atoms in total. The highest BCUT2D eigenvalue weighted by Gasteiger charge is 2.34. The topological polar surface area (TPSA) is 105 Å². The average molecular weight is 412 g/mol. The van der Waals surface area contributed by atoms with Crippen molar-refractivity contribution in [2.75, 3.05) is 26.7 Å². The molecule has 1 aliphatic rings. The van der Waals surface area contributed by atoms with Gasteiger partial charge in [0.1, 0.15) is 11.8 Å². The van der Waals surface area contributed by atoms with Crippen LogP contribution < -0.4 is 15.4 Å². The van der Waals surface area contributed by atoms with Gasteiger partial charge in [-0.15, -0.1) is 0 Å². The standard InChI is InChI=1S/C19H29N3O5S/c1-4-11-20-18(23)14(2)21-19(24)15-6-5-12-22(13-15)28(25,26)17-9-7-16(27-3)8-10-17/h7-10,14-15H,4-6,11-13H2,1-3H3,(H,20,23)(H,21,24)/t14-,15+/m0/s1. The number of benzene rings is 1. The Balaban J connectivity index is 2.02. The van der Waals surface area contributed by atoms with Crippen molar-refractivity contribution >= 4 is 21.8 Å². The number of ether oxygens (including phenoxy) is 1. The fourth-order valence-corrected chi connectivity index (χ4v) is 4.59. The zero-order valence-electron chi connectivity index (χ0n) is 16.6. The van der Waals surface area contributed by atoms with Crippen LogP contribution in [-0.4, -0.2) is 57.3 Å². The Morgan fingerprint density at radius 2 is 1.96 bits per heavy atom. The normalized spacial score (nSPS) is 18.9. The van der Waals surface area contributed by atoms with Gasteiger partial charge in [-0.05, 0) is 50.5 Å². The second-order valence-corrected chi connectivity index (χ2v) is 8.84. The molecular formula is C19H29N3O5S. The molecule has 9 heteroatoms. The monoisotopic (exact) mass is 411 g/mol. The fraction of sp³-hybridized carbons (Fsp3) is 0.579. The lowest BCUT2D eigenvalue weighted by molar-refractivity contribution is -0.131. The van der Waals surface area contributed by atoms with Gasteiger partial charge in [-0.25, -0.2) is 8.42 Å². The van der Waals surface area contributed by atoms with E-state index < -0.39 is 22.0 Å². The van der Waals surface area contributed by atoms with Crippen molar-refractivity contribution in [3.8, 4) is 5.75 Å². The molecule has 1 saturated heterocycles. The van der Waals surface area contributed by atoms with Crippen molar-refractivity contribution in [1.82, 2.24) is 14.9 Å². The molecule has 2 rings (SSSR count). The summed E-state index contributed by atoms with van der Waals surface area (Å²) in [5, 5.41) is 5.43. The number of nitrogens with zero attached hydrogens (tertiary/aromatic N) is 1. The summed E-state index contributed by atoms with van der Waals surface area (Å²) in [6.45, 7) is 4.59. The van der Waals surface area contributed by atoms with Crippen LogP contribution >= 0.6 is 0 Å². The van der Waals surface area contributed by atoms with Gasteiger partial charge in [-0.3, -0.25) is 9.59 Å². The summed E-state index contributed by atoms with van der Waals surface area (Å²) in [4.78, 5) is 24.7. The third kappa shape index (κ3) is 5.45. The van der Waals surface area contributed by atoms with Crippen LogP contribution in [0.3, 0.4) is 0 Å². The maximum atomic E-state index is 12.9. The summed E-state index contributed by atoms with van der Waals surface area (Å²) < 4.78 is 32.2. The van der Waals surface area contributed by atoms with E-state index in [-0.39, 0.29) is 23.3 Å². The largest absolute Gasteiger partial charge is 0.497 e. The van der Waals surface area contributed by atoms with E-state index in [0.717, 1.165) is 6.42 Å². The van der Waals surface area contributed by atoms with Crippen molar-refractivity contribution < 1.29 is 22.7 Å². The van der Waals surface area contributed by atoms with Crippen LogP contribution in [-0.2, 0) is 19.6 Å². The van der Waals surface area contributed by atoms with Gasteiger partial charge < -0.3 is 15.4 Å². The Labute approximate surface area is 166 Å². The predicted octanol–water partition coefficient (Wildman–Crippen LogP) is 1.13. The van der Waals surface area contributed by atoms with E-state index in [9.17, 15) is 18.0 Å². The lowest BCUT2D eigenvalue weighted by Crippen LogP contribution is -2.50. The number of carbonyl (C=O) groups excluding carboxylic acids is 2. The van der Waals surface area contributed by atoms with E-state index in [1.807, 2.05) is 6.92 Å². The molecule has 2 N–H and O–H groups in total. The molecule has 1 aliphatic heterocycles. The minimum atomic E-state index is -3.69. The minimum Gasteiger partial charge on any atom is -0.497 e. The molecule has 2 amide bonds. The summed E-state index contributed by atoms with van der Waals surface area (Å²) in [6, 6.07) is 5.53. The SMILES string of the molecule is CCCNC(=O)[C@H](C)NC(=O)[C@@H]1CCCN(S(=O)(=O)c2ccc(OC)cc2)C1. The Kier molecular flexibility index (Phi) is 7.82. The third-order valence-electron chi connectivity index (χ3n) is 4.75. The van der Waals surface area contributed by atoms with Crippen molar-refractivity contribution in [1.29, 1.82) is 0 Å². The van der Waals surface area contributed by atoms with Crippen LogP contribution in [0.2, 0.25) is 0 Å². The summed E-state index contributed by atoms with van der Waals surface area (Å²) in [6.07, 6.45) is 1.99. The highest BCUT2D eigenvalue weighted by molar-refractivity contribution is 7.89. The summed E-state index contributed by atoms with van der Waals surface area (Å²) >= 11 is 0. The number of sulfonamides is 1. The molecule has 0 spiro atoms. The highest BCUT2D eigenvalue weighted by Crippen LogP contribution is 2.25. The number of methoxy groups -OCH3 is 1. The van der Waals surface area contributed by atoms with E-state index in [4.69, 9.17) is 4.74 Å². The molecule has 156 valence electrons. The number of hydrogen-bond acceptors (Lipinski definition) is 5. The zero-order chi connectivity index (χ0) is 20.7. The molecule has 0 radical (unpaired) electrons. The van der Waals surface area contributed by atoms with E-state index in [1.54, 1.807) is 19.1 Å². The van der Waals surface area contributed by atoms with Gasteiger partial charge in [0.05, 0.1) is 17.9 Å². The minimum absolute atomic E-state index is 0.101. The molecule has 1 heterocycles. The van der Waals surface area contributed by atoms with Crippen molar-refractivity contribution in [3.63, 3.8) is 0 Å². The van der Waals surface area contributed by atoms with Crippen LogP contribution in [0, 0.1) is 5.92 Å². The first-order valence-corrected chi connectivity index (χ1v) is 11.0. The van der Waals surface area contributed by atoms with E-state index in [0.29, 0.717) is 31.7 Å². The maximum absolute atomic E-state index is 12.9. The number of rotatable bonds is 8. The Hall–Kier alpha value is -2.13. The fourth-order valence-electron chi connectivity index (χ4n) is 3.07. The number of amides is 2. The van der Waals surface area contributed by atoms with Crippen molar-refractivity contribution in [2.24, 2.45) is 5.92 Å². The van der Waals surface area contributed by atoms with Gasteiger partial charge in [-0.1, -0.05) is 6.92 Å². The maximum Gasteiger partial charge on any atom is 0.243 e. The zero-order valence-corrected chi connectivity index (χ0v) is 17.4. The van der Waals surface area contributed by atoms with E-state index in [1.165, 1.54) is 23.5 Å². The van der Waals surface area contributed by atoms with Gasteiger partial charge in [0, 0.05) is 19.6 Å². The lowest BCUT2D eigenvalue weighted by Gasteiger charge is -2.31. The van der Waals surface area contributed by atoms with Crippen LogP contribution in [0.4, 0.5) is 0 Å². The van der Waals surface area contributed by atoms with Crippen molar-refractivity contribution in [3.05, 3.63) is 24.3 Å². The Bertz CT molecular complexity index is 779. The Morgan fingerprint density at radius 3 is 2.57 bits per heavy atom. The highest BCUT2D eigenvalue weighted by atomic mass is 32.2. The quantitative estimate of drug-likeness (QED) is 0.667. The van der Waals surface area contributed by atoms with Crippen molar-refractivity contribution in [2.45, 2.75) is 44.0 Å². The molecule has 28 heavy (non-hydrogen) atoms. The van der Waals surface area contributed by atoms with Crippen LogP contribution in [0.15, 0.2) is 29.2 Å². The van der Waals surface area contributed by atoms with Crippen LogP contribution in [0.1, 0.15) is 33.1 Å². The number of hydrogen-bond donors (Lipinski definition) is 2.